The van der Waals surface area contributed by atoms with Crippen LogP contribution in [0.5, 0.6) is 0 Å². The maximum absolute atomic E-state index is 12.4. The Labute approximate surface area is 118 Å². The first kappa shape index (κ1) is 14.5. The molecule has 0 fully saturated rings. The Morgan fingerprint density at radius 3 is 2.70 bits per heavy atom. The van der Waals surface area contributed by atoms with Crippen LogP contribution in [0.4, 0.5) is 0 Å². The molecule has 0 aliphatic carbocycles. The molecule has 2 rings (SSSR count). The van der Waals surface area contributed by atoms with Crippen molar-refractivity contribution in [2.75, 3.05) is 0 Å². The number of hydrogen-bond donors (Lipinski definition) is 1. The molecule has 5 heteroatoms. The second kappa shape index (κ2) is 5.61. The van der Waals surface area contributed by atoms with Crippen LogP contribution in [0, 0.1) is 6.92 Å². The number of carbonyl (C=O) groups excluding carboxylic acids is 1. The zero-order valence-corrected chi connectivity index (χ0v) is 12.7. The minimum absolute atomic E-state index is 0.0973. The van der Waals surface area contributed by atoms with Crippen molar-refractivity contribution in [2.45, 2.75) is 53.0 Å². The Balaban J connectivity index is 2.54. The van der Waals surface area contributed by atoms with E-state index in [1.807, 2.05) is 40.7 Å². The highest BCUT2D eigenvalue weighted by atomic mass is 16.5. The van der Waals surface area contributed by atoms with Crippen LogP contribution in [-0.2, 0) is 0 Å². The number of carbonyl (C=O) groups is 1. The Kier molecular flexibility index (Phi) is 4.06. The van der Waals surface area contributed by atoms with E-state index in [0.29, 0.717) is 22.4 Å². The van der Waals surface area contributed by atoms with Gasteiger partial charge in [0.25, 0.3) is 11.6 Å². The molecule has 0 saturated carbocycles. The van der Waals surface area contributed by atoms with Gasteiger partial charge in [-0.3, -0.25) is 4.79 Å². The third-order valence-electron chi connectivity index (χ3n) is 3.46. The molecule has 1 unspecified atom stereocenters. The zero-order chi connectivity index (χ0) is 14.9. The molecule has 0 saturated heterocycles. The number of nitrogens with one attached hydrogen (secondary N) is 1. The van der Waals surface area contributed by atoms with E-state index in [-0.39, 0.29) is 17.9 Å². The van der Waals surface area contributed by atoms with Gasteiger partial charge in [-0.25, -0.2) is 4.98 Å². The summed E-state index contributed by atoms with van der Waals surface area (Å²) in [5, 5.41) is 7.61. The molecule has 1 atom stereocenters. The molecule has 0 spiro atoms. The number of amides is 1. The monoisotopic (exact) mass is 275 g/mol. The summed E-state index contributed by atoms with van der Waals surface area (Å²) in [5.74, 6) is 0.125. The van der Waals surface area contributed by atoms with Crippen molar-refractivity contribution >= 4 is 17.0 Å². The first-order valence-electron chi connectivity index (χ1n) is 7.01. The first-order chi connectivity index (χ1) is 9.43. The third-order valence-corrected chi connectivity index (χ3v) is 3.46. The minimum Gasteiger partial charge on any atom is -0.350 e. The van der Waals surface area contributed by atoms with Crippen molar-refractivity contribution in [3.05, 3.63) is 23.0 Å². The third kappa shape index (κ3) is 2.66. The van der Waals surface area contributed by atoms with E-state index in [9.17, 15) is 4.79 Å². The highest BCUT2D eigenvalue weighted by Crippen LogP contribution is 2.25. The average Bonchev–Trinajstić information content (AvgIpc) is 2.79. The molecule has 0 radical (unpaired) electrons. The molecule has 108 valence electrons. The van der Waals surface area contributed by atoms with Crippen molar-refractivity contribution in [3.63, 3.8) is 0 Å². The van der Waals surface area contributed by atoms with Gasteiger partial charge in [-0.05, 0) is 32.3 Å². The summed E-state index contributed by atoms with van der Waals surface area (Å²) in [6, 6.07) is 1.97. The van der Waals surface area contributed by atoms with Crippen LogP contribution in [0.3, 0.4) is 0 Å². The fourth-order valence-corrected chi connectivity index (χ4v) is 1.99. The van der Waals surface area contributed by atoms with Crippen LogP contribution >= 0.6 is 0 Å². The molecule has 5 nitrogen and oxygen atoms in total. The lowest BCUT2D eigenvalue weighted by molar-refractivity contribution is 0.0940. The van der Waals surface area contributed by atoms with Crippen molar-refractivity contribution < 1.29 is 9.32 Å². The van der Waals surface area contributed by atoms with Crippen molar-refractivity contribution in [1.29, 1.82) is 0 Å². The maximum atomic E-state index is 12.4. The number of fused-ring (bicyclic) bond motifs is 1. The molecule has 2 aromatic rings. The zero-order valence-electron chi connectivity index (χ0n) is 12.7. The molecule has 0 aliphatic heterocycles. The summed E-state index contributed by atoms with van der Waals surface area (Å²) >= 11 is 0. The normalized spacial score (nSPS) is 12.9. The summed E-state index contributed by atoms with van der Waals surface area (Å²) in [7, 11) is 0. The standard InChI is InChI=1S/C15H21N3O2/c1-6-9(4)16-14(19)11-7-12(8(2)3)17-15-13(11)10(5)18-20-15/h7-9H,6H2,1-5H3,(H,16,19). The second-order valence-corrected chi connectivity index (χ2v) is 5.48. The fourth-order valence-electron chi connectivity index (χ4n) is 1.99. The molecule has 0 bridgehead atoms. The van der Waals surface area contributed by atoms with Crippen molar-refractivity contribution in [3.8, 4) is 0 Å². The van der Waals surface area contributed by atoms with Gasteiger partial charge >= 0.3 is 0 Å². The van der Waals surface area contributed by atoms with Gasteiger partial charge in [0.15, 0.2) is 0 Å². The molecule has 0 aliphatic rings. The minimum atomic E-state index is -0.0973. The Bertz CT molecular complexity index is 631. The van der Waals surface area contributed by atoms with Gasteiger partial charge in [-0.2, -0.15) is 0 Å². The van der Waals surface area contributed by atoms with Crippen LogP contribution in [-0.4, -0.2) is 22.1 Å². The van der Waals surface area contributed by atoms with Gasteiger partial charge in [-0.1, -0.05) is 25.9 Å². The summed E-state index contributed by atoms with van der Waals surface area (Å²) in [6.45, 7) is 9.92. The molecule has 20 heavy (non-hydrogen) atoms. The summed E-state index contributed by atoms with van der Waals surface area (Å²) in [4.78, 5) is 16.9. The second-order valence-electron chi connectivity index (χ2n) is 5.48. The number of rotatable bonds is 4. The van der Waals surface area contributed by atoms with Crippen LogP contribution < -0.4 is 5.32 Å². The van der Waals surface area contributed by atoms with Crippen LogP contribution in [0.2, 0.25) is 0 Å². The molecule has 1 N–H and O–H groups in total. The van der Waals surface area contributed by atoms with Gasteiger partial charge in [0.05, 0.1) is 16.6 Å². The van der Waals surface area contributed by atoms with E-state index in [4.69, 9.17) is 4.52 Å². The smallest absolute Gasteiger partial charge is 0.259 e. The van der Waals surface area contributed by atoms with Crippen LogP contribution in [0.1, 0.15) is 61.8 Å². The first-order valence-corrected chi connectivity index (χ1v) is 7.01. The predicted molar refractivity (Wildman–Crippen MR) is 77.8 cm³/mol. The van der Waals surface area contributed by atoms with E-state index in [1.54, 1.807) is 0 Å². The van der Waals surface area contributed by atoms with Gasteiger partial charge in [0.1, 0.15) is 0 Å². The van der Waals surface area contributed by atoms with E-state index in [0.717, 1.165) is 12.1 Å². The summed E-state index contributed by atoms with van der Waals surface area (Å²) in [6.07, 6.45) is 0.889. The lowest BCUT2D eigenvalue weighted by Gasteiger charge is -2.13. The van der Waals surface area contributed by atoms with Gasteiger partial charge in [-0.15, -0.1) is 0 Å². The van der Waals surface area contributed by atoms with E-state index in [1.165, 1.54) is 0 Å². The maximum Gasteiger partial charge on any atom is 0.259 e. The summed E-state index contributed by atoms with van der Waals surface area (Å²) in [5.41, 5.74) is 2.56. The average molecular weight is 275 g/mol. The molecule has 2 aromatic heterocycles. The largest absolute Gasteiger partial charge is 0.350 e. The van der Waals surface area contributed by atoms with Gasteiger partial charge in [0.2, 0.25) is 0 Å². The topological polar surface area (TPSA) is 68.0 Å². The lowest BCUT2D eigenvalue weighted by Crippen LogP contribution is -2.32. The number of aromatic nitrogens is 2. The van der Waals surface area contributed by atoms with Gasteiger partial charge in [0, 0.05) is 11.7 Å². The number of nitrogens with zero attached hydrogens (tertiary/aromatic N) is 2. The molecular formula is C15H21N3O2. The lowest BCUT2D eigenvalue weighted by atomic mass is 10.0. The molecule has 0 aromatic carbocycles. The highest BCUT2D eigenvalue weighted by Gasteiger charge is 2.20. The Morgan fingerprint density at radius 1 is 1.40 bits per heavy atom. The number of aryl methyl sites for hydroxylation is 1. The molecular weight excluding hydrogens is 254 g/mol. The number of hydrogen-bond acceptors (Lipinski definition) is 4. The quantitative estimate of drug-likeness (QED) is 0.930. The fraction of sp³-hybridized carbons (Fsp3) is 0.533. The van der Waals surface area contributed by atoms with Crippen LogP contribution in [0.25, 0.3) is 11.1 Å². The molecule has 1 amide bonds. The van der Waals surface area contributed by atoms with E-state index < -0.39 is 0 Å². The van der Waals surface area contributed by atoms with E-state index in [2.05, 4.69) is 15.5 Å². The van der Waals surface area contributed by atoms with Crippen molar-refractivity contribution in [2.24, 2.45) is 0 Å². The highest BCUT2D eigenvalue weighted by molar-refractivity contribution is 6.06. The van der Waals surface area contributed by atoms with Crippen LogP contribution in [0.15, 0.2) is 10.6 Å². The number of pyridine rings is 1. The van der Waals surface area contributed by atoms with Gasteiger partial charge < -0.3 is 9.84 Å². The predicted octanol–water partition coefficient (Wildman–Crippen LogP) is 3.18. The Morgan fingerprint density at radius 2 is 2.10 bits per heavy atom. The Hall–Kier alpha value is -1.91. The van der Waals surface area contributed by atoms with Crippen molar-refractivity contribution in [1.82, 2.24) is 15.5 Å². The SMILES string of the molecule is CCC(C)NC(=O)c1cc(C(C)C)nc2onc(C)c12. The van der Waals surface area contributed by atoms with E-state index >= 15 is 0 Å². The summed E-state index contributed by atoms with van der Waals surface area (Å²) < 4.78 is 5.22. The molecule has 2 heterocycles.